The zero-order valence-electron chi connectivity index (χ0n) is 10.7. The number of morpholine rings is 1. The van der Waals surface area contributed by atoms with Crippen LogP contribution < -0.4 is 5.32 Å². The maximum Gasteiger partial charge on any atom is 0.132 e. The third-order valence-corrected chi connectivity index (χ3v) is 3.50. The molecule has 2 rings (SSSR count). The van der Waals surface area contributed by atoms with E-state index in [1.807, 2.05) is 24.3 Å². The fourth-order valence-electron chi connectivity index (χ4n) is 2.10. The first-order chi connectivity index (χ1) is 8.45. The number of alkyl halides is 1. The first-order valence-corrected chi connectivity index (χ1v) is 6.61. The van der Waals surface area contributed by atoms with Gasteiger partial charge in [-0.3, -0.25) is 0 Å². The van der Waals surface area contributed by atoms with Crippen LogP contribution in [0.3, 0.4) is 0 Å². The number of hydrogen-bond donors (Lipinski definition) is 1. The molecule has 1 aromatic rings. The fraction of sp³-hybridized carbons (Fsp3) is 0.571. The Balaban J connectivity index is 1.85. The molecule has 0 saturated carbocycles. The molecule has 100 valence electrons. The summed E-state index contributed by atoms with van der Waals surface area (Å²) >= 11 is 5.84. The fourth-order valence-corrected chi connectivity index (χ4v) is 2.23. The van der Waals surface area contributed by atoms with Crippen molar-refractivity contribution in [2.24, 2.45) is 0 Å². The largest absolute Gasteiger partial charge is 0.372 e. The lowest BCUT2D eigenvalue weighted by atomic mass is 10.00. The van der Waals surface area contributed by atoms with Gasteiger partial charge in [0.1, 0.15) is 11.8 Å². The monoisotopic (exact) mass is 271 g/mol. The average molecular weight is 272 g/mol. The quantitative estimate of drug-likeness (QED) is 0.913. The molecule has 1 aliphatic heterocycles. The van der Waals surface area contributed by atoms with Gasteiger partial charge in [-0.1, -0.05) is 23.7 Å². The number of halogens is 2. The summed E-state index contributed by atoms with van der Waals surface area (Å²) in [6.07, 6.45) is 0.510. The Morgan fingerprint density at radius 3 is 2.56 bits per heavy atom. The molecule has 0 aromatic heterocycles. The second-order valence-electron chi connectivity index (χ2n) is 5.32. The number of rotatable bonds is 3. The molecule has 0 bridgehead atoms. The predicted molar refractivity (Wildman–Crippen MR) is 71.9 cm³/mol. The van der Waals surface area contributed by atoms with Crippen LogP contribution in [0.5, 0.6) is 0 Å². The normalized spacial score (nSPS) is 25.1. The van der Waals surface area contributed by atoms with Crippen molar-refractivity contribution in [3.05, 3.63) is 34.9 Å². The lowest BCUT2D eigenvalue weighted by Gasteiger charge is -2.35. The summed E-state index contributed by atoms with van der Waals surface area (Å²) in [5.74, 6) is 0. The highest BCUT2D eigenvalue weighted by molar-refractivity contribution is 6.30. The van der Waals surface area contributed by atoms with Crippen molar-refractivity contribution < 1.29 is 9.13 Å². The molecule has 4 heteroatoms. The highest BCUT2D eigenvalue weighted by Gasteiger charge is 2.33. The molecule has 1 heterocycles. The van der Waals surface area contributed by atoms with E-state index in [4.69, 9.17) is 16.3 Å². The lowest BCUT2D eigenvalue weighted by Crippen LogP contribution is -2.53. The molecule has 1 saturated heterocycles. The van der Waals surface area contributed by atoms with Gasteiger partial charge < -0.3 is 10.1 Å². The van der Waals surface area contributed by atoms with Crippen molar-refractivity contribution >= 4 is 11.6 Å². The van der Waals surface area contributed by atoms with Crippen molar-refractivity contribution in [2.45, 2.75) is 38.1 Å². The summed E-state index contributed by atoms with van der Waals surface area (Å²) in [6, 6.07) is 8.02. The predicted octanol–water partition coefficient (Wildman–Crippen LogP) is 2.99. The maximum atomic E-state index is 13.7. The summed E-state index contributed by atoms with van der Waals surface area (Å²) in [6.45, 7) is 4.21. The van der Waals surface area contributed by atoms with Crippen LogP contribution in [-0.4, -0.2) is 31.0 Å². The summed E-state index contributed by atoms with van der Waals surface area (Å²) in [4.78, 5) is 0. The van der Waals surface area contributed by atoms with E-state index in [1.165, 1.54) is 5.56 Å². The van der Waals surface area contributed by atoms with E-state index in [-0.39, 0.29) is 12.1 Å². The SMILES string of the molecule is CC(C)(F)C1CNC(Cc2ccc(Cl)cc2)CO1. The molecule has 0 spiro atoms. The van der Waals surface area contributed by atoms with E-state index in [1.54, 1.807) is 13.8 Å². The van der Waals surface area contributed by atoms with Crippen LogP contribution in [0.2, 0.25) is 5.02 Å². The van der Waals surface area contributed by atoms with Gasteiger partial charge in [0.2, 0.25) is 0 Å². The molecular weight excluding hydrogens is 253 g/mol. The molecule has 2 nitrogen and oxygen atoms in total. The van der Waals surface area contributed by atoms with Gasteiger partial charge in [0, 0.05) is 17.6 Å². The van der Waals surface area contributed by atoms with Crippen LogP contribution in [0.15, 0.2) is 24.3 Å². The van der Waals surface area contributed by atoms with E-state index in [0.717, 1.165) is 11.4 Å². The minimum absolute atomic E-state index is 0.241. The molecule has 1 N–H and O–H groups in total. The lowest BCUT2D eigenvalue weighted by molar-refractivity contribution is -0.0727. The first kappa shape index (κ1) is 13.8. The molecule has 2 unspecified atom stereocenters. The van der Waals surface area contributed by atoms with Crippen LogP contribution >= 0.6 is 11.6 Å². The molecule has 0 aliphatic carbocycles. The molecule has 1 fully saturated rings. The Hall–Kier alpha value is -0.640. The van der Waals surface area contributed by atoms with Crippen LogP contribution in [0.4, 0.5) is 4.39 Å². The molecule has 1 aliphatic rings. The van der Waals surface area contributed by atoms with Crippen LogP contribution in [0, 0.1) is 0 Å². The number of nitrogens with one attached hydrogen (secondary N) is 1. The molecule has 0 amide bonds. The molecule has 18 heavy (non-hydrogen) atoms. The van der Waals surface area contributed by atoms with E-state index >= 15 is 0 Å². The van der Waals surface area contributed by atoms with E-state index in [2.05, 4.69) is 5.32 Å². The number of benzene rings is 1. The number of ether oxygens (including phenoxy) is 1. The highest BCUT2D eigenvalue weighted by atomic mass is 35.5. The Morgan fingerprint density at radius 2 is 2.06 bits per heavy atom. The second kappa shape index (κ2) is 5.55. The van der Waals surface area contributed by atoms with Crippen LogP contribution in [0.25, 0.3) is 0 Å². The Labute approximate surface area is 112 Å². The average Bonchev–Trinajstić information content (AvgIpc) is 2.32. The molecule has 2 atom stereocenters. The van der Waals surface area contributed by atoms with E-state index in [0.29, 0.717) is 13.2 Å². The van der Waals surface area contributed by atoms with Gasteiger partial charge in [-0.2, -0.15) is 0 Å². The van der Waals surface area contributed by atoms with Gasteiger partial charge in [-0.25, -0.2) is 4.39 Å². The minimum atomic E-state index is -1.29. The minimum Gasteiger partial charge on any atom is -0.372 e. The van der Waals surface area contributed by atoms with Crippen molar-refractivity contribution in [1.29, 1.82) is 0 Å². The van der Waals surface area contributed by atoms with Gasteiger partial charge in [-0.05, 0) is 38.0 Å². The van der Waals surface area contributed by atoms with Gasteiger partial charge in [0.05, 0.1) is 6.61 Å². The number of hydrogen-bond acceptors (Lipinski definition) is 2. The smallest absolute Gasteiger partial charge is 0.132 e. The summed E-state index contributed by atoms with van der Waals surface area (Å²) < 4.78 is 19.3. The van der Waals surface area contributed by atoms with Crippen molar-refractivity contribution in [3.8, 4) is 0 Å². The molecular formula is C14H19ClFNO. The summed E-state index contributed by atoms with van der Waals surface area (Å²) in [5.41, 5.74) is -0.0865. The zero-order valence-corrected chi connectivity index (χ0v) is 11.5. The third-order valence-electron chi connectivity index (χ3n) is 3.25. The third kappa shape index (κ3) is 3.67. The van der Waals surface area contributed by atoms with Crippen LogP contribution in [0.1, 0.15) is 19.4 Å². The van der Waals surface area contributed by atoms with E-state index in [9.17, 15) is 4.39 Å². The van der Waals surface area contributed by atoms with Gasteiger partial charge in [0.15, 0.2) is 0 Å². The zero-order chi connectivity index (χ0) is 13.2. The second-order valence-corrected chi connectivity index (χ2v) is 5.76. The summed E-state index contributed by atoms with van der Waals surface area (Å²) in [7, 11) is 0. The Morgan fingerprint density at radius 1 is 1.39 bits per heavy atom. The molecule has 0 radical (unpaired) electrons. The van der Waals surface area contributed by atoms with Gasteiger partial charge >= 0.3 is 0 Å². The summed E-state index contributed by atoms with van der Waals surface area (Å²) in [5, 5.41) is 4.08. The maximum absolute atomic E-state index is 13.7. The Kier molecular flexibility index (Phi) is 4.25. The topological polar surface area (TPSA) is 21.3 Å². The first-order valence-electron chi connectivity index (χ1n) is 6.23. The van der Waals surface area contributed by atoms with Gasteiger partial charge in [0.25, 0.3) is 0 Å². The van der Waals surface area contributed by atoms with Gasteiger partial charge in [-0.15, -0.1) is 0 Å². The van der Waals surface area contributed by atoms with Crippen molar-refractivity contribution in [3.63, 3.8) is 0 Å². The standard InChI is InChI=1S/C14H19ClFNO/c1-14(2,16)13-8-17-12(9-18-13)7-10-3-5-11(15)6-4-10/h3-6,12-13,17H,7-9H2,1-2H3. The van der Waals surface area contributed by atoms with Crippen molar-refractivity contribution in [2.75, 3.05) is 13.2 Å². The molecule has 1 aromatic carbocycles. The van der Waals surface area contributed by atoms with Crippen molar-refractivity contribution in [1.82, 2.24) is 5.32 Å². The van der Waals surface area contributed by atoms with E-state index < -0.39 is 5.67 Å². The van der Waals surface area contributed by atoms with Crippen LogP contribution in [-0.2, 0) is 11.2 Å². The Bertz CT molecular complexity index is 380. The highest BCUT2D eigenvalue weighted by Crippen LogP contribution is 2.21.